The lowest BCUT2D eigenvalue weighted by molar-refractivity contribution is 0.278. The summed E-state index contributed by atoms with van der Waals surface area (Å²) in [6.45, 7) is -0.277. The average Bonchev–Trinajstić information content (AvgIpc) is 2.97. The number of nitrogens with one attached hydrogen (secondary N) is 3. The molecule has 0 saturated heterocycles. The van der Waals surface area contributed by atoms with Gasteiger partial charge in [-0.25, -0.2) is 13.1 Å². The molecule has 2 aromatic rings. The Morgan fingerprint density at radius 3 is 2.82 bits per heavy atom. The van der Waals surface area contributed by atoms with Crippen LogP contribution in [0.5, 0.6) is 0 Å². The lowest BCUT2D eigenvalue weighted by Crippen LogP contribution is -2.24. The van der Waals surface area contributed by atoms with Crippen LogP contribution in [0.25, 0.3) is 0 Å². The van der Waals surface area contributed by atoms with Crippen LogP contribution in [-0.4, -0.2) is 33.9 Å². The monoisotopic (exact) mass is 257 g/mol. The molecule has 0 spiro atoms. The third-order valence-electron chi connectivity index (χ3n) is 2.14. The summed E-state index contributed by atoms with van der Waals surface area (Å²) in [4.78, 5) is 0. The average molecular weight is 257 g/mol. The zero-order chi connectivity index (χ0) is 12.3. The molecule has 0 aromatic carbocycles. The molecule has 0 amide bonds. The Kier molecular flexibility index (Phi) is 3.22. The molecule has 0 aliphatic rings. The van der Waals surface area contributed by atoms with Gasteiger partial charge in [-0.2, -0.15) is 10.2 Å². The third-order valence-corrected chi connectivity index (χ3v) is 3.55. The number of aromatic nitrogens is 4. The van der Waals surface area contributed by atoms with Gasteiger partial charge in [0.05, 0.1) is 19.0 Å². The Bertz CT molecular complexity index is 574. The molecule has 92 valence electrons. The van der Waals surface area contributed by atoms with Gasteiger partial charge in [0.2, 0.25) is 0 Å². The van der Waals surface area contributed by atoms with Gasteiger partial charge < -0.3 is 5.11 Å². The summed E-state index contributed by atoms with van der Waals surface area (Å²) in [5, 5.41) is 21.0. The Morgan fingerprint density at radius 2 is 2.18 bits per heavy atom. The van der Waals surface area contributed by atoms with Crippen molar-refractivity contribution in [1.29, 1.82) is 0 Å². The molecule has 0 radical (unpaired) electrons. The molecule has 4 N–H and O–H groups in total. The molecule has 0 saturated carbocycles. The largest absolute Gasteiger partial charge is 0.392 e. The van der Waals surface area contributed by atoms with E-state index in [4.69, 9.17) is 5.11 Å². The number of nitrogens with zero attached hydrogens (tertiary/aromatic N) is 2. The van der Waals surface area contributed by atoms with Crippen molar-refractivity contribution in [2.45, 2.75) is 18.2 Å². The number of aliphatic hydroxyl groups is 1. The topological polar surface area (TPSA) is 124 Å². The first-order valence-electron chi connectivity index (χ1n) is 4.74. The van der Waals surface area contributed by atoms with Crippen molar-refractivity contribution >= 4 is 10.0 Å². The second-order valence-corrected chi connectivity index (χ2v) is 5.02. The van der Waals surface area contributed by atoms with Gasteiger partial charge in [0.25, 0.3) is 10.0 Å². The van der Waals surface area contributed by atoms with E-state index in [-0.39, 0.29) is 17.1 Å². The van der Waals surface area contributed by atoms with Gasteiger partial charge >= 0.3 is 0 Å². The molecule has 0 fully saturated rings. The maximum atomic E-state index is 11.8. The van der Waals surface area contributed by atoms with Crippen LogP contribution in [0.1, 0.15) is 11.1 Å². The van der Waals surface area contributed by atoms with Crippen molar-refractivity contribution in [3.05, 3.63) is 29.7 Å². The van der Waals surface area contributed by atoms with Crippen LogP contribution >= 0.6 is 0 Å². The lowest BCUT2D eigenvalue weighted by Gasteiger charge is -2.04. The van der Waals surface area contributed by atoms with E-state index in [2.05, 4.69) is 25.1 Å². The Hall–Kier alpha value is -1.71. The molecule has 2 rings (SSSR count). The highest BCUT2D eigenvalue weighted by atomic mass is 32.2. The minimum absolute atomic E-state index is 0.114. The van der Waals surface area contributed by atoms with E-state index in [0.29, 0.717) is 5.56 Å². The van der Waals surface area contributed by atoms with E-state index in [0.717, 1.165) is 0 Å². The van der Waals surface area contributed by atoms with Gasteiger partial charge in [-0.05, 0) is 0 Å². The zero-order valence-corrected chi connectivity index (χ0v) is 9.53. The fraction of sp³-hybridized carbons (Fsp3) is 0.250. The Balaban J connectivity index is 2.14. The van der Waals surface area contributed by atoms with Crippen LogP contribution in [0.4, 0.5) is 0 Å². The molecule has 2 aromatic heterocycles. The van der Waals surface area contributed by atoms with E-state index in [9.17, 15) is 8.42 Å². The van der Waals surface area contributed by atoms with Crippen molar-refractivity contribution < 1.29 is 13.5 Å². The minimum Gasteiger partial charge on any atom is -0.392 e. The number of aromatic amines is 2. The molecule has 0 aliphatic carbocycles. The quantitative estimate of drug-likeness (QED) is 0.553. The van der Waals surface area contributed by atoms with E-state index in [1.807, 2.05) is 0 Å². The minimum atomic E-state index is -3.71. The van der Waals surface area contributed by atoms with Crippen molar-refractivity contribution in [2.24, 2.45) is 0 Å². The van der Waals surface area contributed by atoms with Gasteiger partial charge in [-0.15, -0.1) is 0 Å². The maximum Gasteiger partial charge on any atom is 0.258 e. The summed E-state index contributed by atoms with van der Waals surface area (Å²) in [7, 11) is -3.71. The zero-order valence-electron chi connectivity index (χ0n) is 8.71. The number of hydrogen-bond acceptors (Lipinski definition) is 5. The first kappa shape index (κ1) is 11.8. The second kappa shape index (κ2) is 4.65. The fourth-order valence-electron chi connectivity index (χ4n) is 1.27. The van der Waals surface area contributed by atoms with E-state index >= 15 is 0 Å². The van der Waals surface area contributed by atoms with Crippen LogP contribution in [0.2, 0.25) is 0 Å². The van der Waals surface area contributed by atoms with E-state index < -0.39 is 16.6 Å². The molecular formula is C8H11N5O3S. The maximum absolute atomic E-state index is 11.8. The van der Waals surface area contributed by atoms with Gasteiger partial charge in [0.15, 0.2) is 5.03 Å². The first-order chi connectivity index (χ1) is 8.13. The van der Waals surface area contributed by atoms with E-state index in [1.165, 1.54) is 12.4 Å². The van der Waals surface area contributed by atoms with Gasteiger partial charge in [0, 0.05) is 23.9 Å². The highest BCUT2D eigenvalue weighted by Gasteiger charge is 2.20. The predicted molar refractivity (Wildman–Crippen MR) is 57.1 cm³/mol. The van der Waals surface area contributed by atoms with Crippen molar-refractivity contribution in [3.8, 4) is 0 Å². The lowest BCUT2D eigenvalue weighted by atomic mass is 10.4. The summed E-state index contributed by atoms with van der Waals surface area (Å²) < 4.78 is 26.1. The van der Waals surface area contributed by atoms with E-state index in [1.54, 1.807) is 6.20 Å². The fourth-order valence-corrected chi connectivity index (χ4v) is 2.41. The van der Waals surface area contributed by atoms with Gasteiger partial charge in [0.1, 0.15) is 0 Å². The number of hydrogen-bond donors (Lipinski definition) is 4. The van der Waals surface area contributed by atoms with Gasteiger partial charge in [-0.3, -0.25) is 10.2 Å². The molecule has 0 atom stereocenters. The normalized spacial score (nSPS) is 11.8. The van der Waals surface area contributed by atoms with Crippen LogP contribution in [0.15, 0.2) is 23.6 Å². The summed E-state index contributed by atoms with van der Waals surface area (Å²) in [6.07, 6.45) is 4.37. The Labute approximate surface area is 97.1 Å². The smallest absolute Gasteiger partial charge is 0.258 e. The molecular weight excluding hydrogens is 246 g/mol. The second-order valence-electron chi connectivity index (χ2n) is 3.31. The third kappa shape index (κ3) is 2.52. The van der Waals surface area contributed by atoms with Crippen molar-refractivity contribution in [2.75, 3.05) is 0 Å². The predicted octanol–water partition coefficient (Wildman–Crippen LogP) is -0.896. The summed E-state index contributed by atoms with van der Waals surface area (Å²) in [5.41, 5.74) is 0.934. The molecule has 0 bridgehead atoms. The summed E-state index contributed by atoms with van der Waals surface area (Å²) in [5.74, 6) is 0. The summed E-state index contributed by atoms with van der Waals surface area (Å²) >= 11 is 0. The highest BCUT2D eigenvalue weighted by Crippen LogP contribution is 2.11. The van der Waals surface area contributed by atoms with Crippen LogP contribution in [0.3, 0.4) is 0 Å². The van der Waals surface area contributed by atoms with Crippen molar-refractivity contribution in [3.63, 3.8) is 0 Å². The standard InChI is InChI=1S/C8H11N5O3S/c14-5-7-4-11-13-8(7)17(15,16)12-3-6-1-9-10-2-6/h1-2,4,12,14H,3,5H2,(H,9,10)(H,11,13). The number of sulfonamides is 1. The highest BCUT2D eigenvalue weighted by molar-refractivity contribution is 7.89. The van der Waals surface area contributed by atoms with Gasteiger partial charge in [-0.1, -0.05) is 0 Å². The van der Waals surface area contributed by atoms with Crippen LogP contribution in [0, 0.1) is 0 Å². The Morgan fingerprint density at radius 1 is 1.35 bits per heavy atom. The summed E-state index contributed by atoms with van der Waals surface area (Å²) in [6, 6.07) is 0. The van der Waals surface area contributed by atoms with Crippen molar-refractivity contribution in [1.82, 2.24) is 25.1 Å². The molecule has 9 heteroatoms. The number of aliphatic hydroxyl groups excluding tert-OH is 1. The number of H-pyrrole nitrogens is 2. The van der Waals surface area contributed by atoms with Crippen LogP contribution < -0.4 is 4.72 Å². The molecule has 17 heavy (non-hydrogen) atoms. The molecule has 0 unspecified atom stereocenters. The molecule has 2 heterocycles. The first-order valence-corrected chi connectivity index (χ1v) is 6.22. The molecule has 8 nitrogen and oxygen atoms in total. The van der Waals surface area contributed by atoms with Crippen LogP contribution in [-0.2, 0) is 23.2 Å². The molecule has 0 aliphatic heterocycles. The SMILES string of the molecule is O=S(=O)(NCc1cn[nH]c1)c1[nH]ncc1CO. The number of rotatable bonds is 5.